The van der Waals surface area contributed by atoms with Crippen LogP contribution in [0.5, 0.6) is 0 Å². The molecule has 0 aliphatic carbocycles. The summed E-state index contributed by atoms with van der Waals surface area (Å²) < 4.78 is 16.6. The Bertz CT molecular complexity index is 539. The number of methoxy groups -OCH3 is 1. The molecule has 1 saturated heterocycles. The molecule has 0 aromatic rings. The van der Waals surface area contributed by atoms with Crippen LogP contribution in [-0.2, 0) is 18.7 Å². The zero-order valence-electron chi connectivity index (χ0n) is 18.3. The van der Waals surface area contributed by atoms with Crippen molar-refractivity contribution < 1.29 is 28.6 Å². The van der Waals surface area contributed by atoms with Gasteiger partial charge in [-0.2, -0.15) is 0 Å². The highest BCUT2D eigenvalue weighted by molar-refractivity contribution is 6.48. The molecule has 1 amide bonds. The predicted octanol–water partition coefficient (Wildman–Crippen LogP) is 2.91. The van der Waals surface area contributed by atoms with Crippen LogP contribution in [-0.4, -0.2) is 62.2 Å². The van der Waals surface area contributed by atoms with E-state index in [0.29, 0.717) is 13.0 Å². The van der Waals surface area contributed by atoms with Gasteiger partial charge < -0.3 is 19.0 Å². The van der Waals surface area contributed by atoms with E-state index in [2.05, 4.69) is 20.8 Å². The van der Waals surface area contributed by atoms with Crippen LogP contribution >= 0.6 is 0 Å². The van der Waals surface area contributed by atoms with E-state index in [-0.39, 0.29) is 17.8 Å². The van der Waals surface area contributed by atoms with E-state index in [1.54, 1.807) is 20.8 Å². The van der Waals surface area contributed by atoms with Crippen LogP contribution in [0.25, 0.3) is 0 Å². The van der Waals surface area contributed by atoms with Crippen LogP contribution < -0.4 is 0 Å². The van der Waals surface area contributed by atoms with Gasteiger partial charge in [0, 0.05) is 13.0 Å². The maximum atomic E-state index is 13.0. The van der Waals surface area contributed by atoms with Crippen molar-refractivity contribution in [2.24, 2.45) is 11.3 Å². The summed E-state index contributed by atoms with van der Waals surface area (Å²) in [5.41, 5.74) is -2.06. The first-order valence-electron chi connectivity index (χ1n) is 9.55. The lowest BCUT2D eigenvalue weighted by molar-refractivity contribution is -0.161. The number of aliphatic hydroxyl groups excluding tert-OH is 1. The van der Waals surface area contributed by atoms with Gasteiger partial charge in [0.15, 0.2) is 14.8 Å². The standard InChI is InChI=1S/C19H37NO6Si/c1-17(2,3)13-11-19(26-27(8)9,14(21)10-15(22)24-7)20(12-13)16(23)25-18(4,5)6/h13-14,21,27H,10-12H2,1-9H3/t13-,14?,19-/m0/s1. The average molecular weight is 404 g/mol. The summed E-state index contributed by atoms with van der Waals surface area (Å²) in [6.07, 6.45) is -1.53. The van der Waals surface area contributed by atoms with Crippen molar-refractivity contribution in [2.45, 2.75) is 84.9 Å². The highest BCUT2D eigenvalue weighted by atomic mass is 28.3. The molecule has 7 nitrogen and oxygen atoms in total. The molecule has 1 unspecified atom stereocenters. The normalized spacial score (nSPS) is 24.9. The summed E-state index contributed by atoms with van der Waals surface area (Å²) >= 11 is 0. The Hall–Kier alpha value is -1.12. The van der Waals surface area contributed by atoms with Crippen LogP contribution in [0.15, 0.2) is 0 Å². The Labute approximate surface area is 165 Å². The molecule has 1 heterocycles. The van der Waals surface area contributed by atoms with Crippen molar-refractivity contribution >= 4 is 21.1 Å². The first-order valence-corrected chi connectivity index (χ1v) is 12.3. The summed E-state index contributed by atoms with van der Waals surface area (Å²) in [4.78, 5) is 26.3. The third kappa shape index (κ3) is 6.19. The molecule has 0 radical (unpaired) electrons. The third-order valence-electron chi connectivity index (χ3n) is 4.79. The van der Waals surface area contributed by atoms with Crippen molar-refractivity contribution in [1.82, 2.24) is 4.90 Å². The first-order chi connectivity index (χ1) is 12.1. The number of aliphatic hydroxyl groups is 1. The van der Waals surface area contributed by atoms with Crippen LogP contribution in [0.3, 0.4) is 0 Å². The average Bonchev–Trinajstić information content (AvgIpc) is 2.85. The molecule has 1 fully saturated rings. The molecule has 0 saturated carbocycles. The molecule has 1 N–H and O–H groups in total. The minimum Gasteiger partial charge on any atom is -0.469 e. The number of ether oxygens (including phenoxy) is 2. The predicted molar refractivity (Wildman–Crippen MR) is 106 cm³/mol. The van der Waals surface area contributed by atoms with Crippen molar-refractivity contribution in [1.29, 1.82) is 0 Å². The van der Waals surface area contributed by atoms with Gasteiger partial charge >= 0.3 is 12.1 Å². The zero-order chi connectivity index (χ0) is 21.2. The van der Waals surface area contributed by atoms with Gasteiger partial charge in [-0.05, 0) is 45.2 Å². The first kappa shape index (κ1) is 23.9. The summed E-state index contributed by atoms with van der Waals surface area (Å²) in [5.74, 6) is -0.454. The second-order valence-electron chi connectivity index (χ2n) is 9.67. The molecule has 8 heteroatoms. The summed E-state index contributed by atoms with van der Waals surface area (Å²) in [7, 11) is -0.401. The number of nitrogens with zero attached hydrogens (tertiary/aromatic N) is 1. The van der Waals surface area contributed by atoms with E-state index in [4.69, 9.17) is 13.9 Å². The largest absolute Gasteiger partial charge is 0.469 e. The second kappa shape index (κ2) is 8.49. The molecule has 1 aliphatic heterocycles. The number of carbonyl (C=O) groups excluding carboxylic acids is 2. The highest BCUT2D eigenvalue weighted by Gasteiger charge is 2.57. The maximum Gasteiger partial charge on any atom is 0.412 e. The smallest absolute Gasteiger partial charge is 0.412 e. The number of rotatable bonds is 5. The van der Waals surface area contributed by atoms with Gasteiger partial charge in [-0.15, -0.1) is 0 Å². The number of carbonyl (C=O) groups is 2. The van der Waals surface area contributed by atoms with Gasteiger partial charge in [-0.25, -0.2) is 4.79 Å². The molecule has 0 bridgehead atoms. The molecule has 27 heavy (non-hydrogen) atoms. The van der Waals surface area contributed by atoms with Crippen molar-refractivity contribution in [3.63, 3.8) is 0 Å². The van der Waals surface area contributed by atoms with E-state index in [1.807, 2.05) is 13.1 Å². The van der Waals surface area contributed by atoms with Gasteiger partial charge in [0.1, 0.15) is 11.7 Å². The quantitative estimate of drug-likeness (QED) is 0.561. The fourth-order valence-corrected chi connectivity index (χ4v) is 4.54. The molecule has 1 rings (SSSR count). The zero-order valence-corrected chi connectivity index (χ0v) is 19.4. The number of likely N-dealkylation sites (tertiary alicyclic amines) is 1. The van der Waals surface area contributed by atoms with Gasteiger partial charge in [0.25, 0.3) is 0 Å². The topological polar surface area (TPSA) is 85.3 Å². The Kier molecular flexibility index (Phi) is 7.52. The van der Waals surface area contributed by atoms with Crippen LogP contribution in [0, 0.1) is 11.3 Å². The fourth-order valence-electron chi connectivity index (χ4n) is 3.34. The van der Waals surface area contributed by atoms with E-state index in [0.717, 1.165) is 0 Å². The Morgan fingerprint density at radius 3 is 2.19 bits per heavy atom. The summed E-state index contributed by atoms with van der Waals surface area (Å²) in [5, 5.41) is 11.0. The fraction of sp³-hybridized carbons (Fsp3) is 0.895. The minimum atomic E-state index is -1.68. The van der Waals surface area contributed by atoms with Gasteiger partial charge in [-0.3, -0.25) is 9.69 Å². The maximum absolute atomic E-state index is 13.0. The van der Waals surface area contributed by atoms with Crippen LogP contribution in [0.2, 0.25) is 13.1 Å². The van der Waals surface area contributed by atoms with Gasteiger partial charge in [0.2, 0.25) is 0 Å². The Balaban J connectivity index is 3.36. The van der Waals surface area contributed by atoms with E-state index in [9.17, 15) is 14.7 Å². The monoisotopic (exact) mass is 403 g/mol. The van der Waals surface area contributed by atoms with E-state index < -0.39 is 38.5 Å². The molecule has 1 aliphatic rings. The number of hydrogen-bond donors (Lipinski definition) is 1. The molecule has 0 aromatic heterocycles. The van der Waals surface area contributed by atoms with Crippen molar-refractivity contribution in [3.8, 4) is 0 Å². The number of hydrogen-bond acceptors (Lipinski definition) is 6. The Morgan fingerprint density at radius 1 is 1.22 bits per heavy atom. The van der Waals surface area contributed by atoms with E-state index in [1.165, 1.54) is 12.0 Å². The lowest BCUT2D eigenvalue weighted by atomic mass is 9.78. The molecule has 0 spiro atoms. The number of amides is 1. The molecule has 3 atom stereocenters. The van der Waals surface area contributed by atoms with Crippen LogP contribution in [0.4, 0.5) is 4.79 Å². The van der Waals surface area contributed by atoms with Gasteiger partial charge in [-0.1, -0.05) is 20.8 Å². The lowest BCUT2D eigenvalue weighted by Gasteiger charge is -2.43. The summed E-state index contributed by atoms with van der Waals surface area (Å²) in [6, 6.07) is 0. The third-order valence-corrected chi connectivity index (χ3v) is 5.67. The minimum absolute atomic E-state index is 0.0880. The van der Waals surface area contributed by atoms with Crippen LogP contribution in [0.1, 0.15) is 54.4 Å². The van der Waals surface area contributed by atoms with Crippen molar-refractivity contribution in [3.05, 3.63) is 0 Å². The summed E-state index contributed by atoms with van der Waals surface area (Å²) in [6.45, 7) is 16.0. The van der Waals surface area contributed by atoms with Crippen molar-refractivity contribution in [2.75, 3.05) is 13.7 Å². The number of esters is 1. The second-order valence-corrected chi connectivity index (χ2v) is 12.0. The van der Waals surface area contributed by atoms with E-state index >= 15 is 0 Å². The van der Waals surface area contributed by atoms with Gasteiger partial charge in [0.05, 0.1) is 13.5 Å². The molecular weight excluding hydrogens is 366 g/mol. The molecular formula is C19H37NO6Si. The SMILES string of the molecule is COC(=O)CC(O)[C@@]1(O[SiH](C)C)C[C@H](C(C)(C)C)CN1C(=O)OC(C)(C)C. The Morgan fingerprint density at radius 2 is 1.78 bits per heavy atom. The molecule has 158 valence electrons. The molecule has 0 aromatic carbocycles. The highest BCUT2D eigenvalue weighted by Crippen LogP contribution is 2.46. The lowest BCUT2D eigenvalue weighted by Crippen LogP contribution is -2.59.